The maximum absolute atomic E-state index is 12.5. The molecule has 2 aromatic carbocycles. The number of piperazine rings is 1. The first-order valence-electron chi connectivity index (χ1n) is 10.6. The topological polar surface area (TPSA) is 68.3 Å². The van der Waals surface area contributed by atoms with Gasteiger partial charge in [0.2, 0.25) is 0 Å². The summed E-state index contributed by atoms with van der Waals surface area (Å²) < 4.78 is 16.9. The van der Waals surface area contributed by atoms with Gasteiger partial charge in [0, 0.05) is 26.2 Å². The summed E-state index contributed by atoms with van der Waals surface area (Å²) in [7, 11) is 0. The number of nitrogens with zero attached hydrogens (tertiary/aromatic N) is 2. The van der Waals surface area contributed by atoms with E-state index < -0.39 is 0 Å². The van der Waals surface area contributed by atoms with Gasteiger partial charge in [0.15, 0.2) is 24.7 Å². The van der Waals surface area contributed by atoms with Crippen molar-refractivity contribution in [2.45, 2.75) is 20.8 Å². The van der Waals surface area contributed by atoms with Crippen LogP contribution in [0.4, 0.5) is 0 Å². The van der Waals surface area contributed by atoms with Crippen LogP contribution >= 0.6 is 0 Å². The molecule has 1 fully saturated rings. The molecular weight excluding hydrogens is 396 g/mol. The third-order valence-electron chi connectivity index (χ3n) is 5.17. The molecule has 31 heavy (non-hydrogen) atoms. The van der Waals surface area contributed by atoms with Crippen LogP contribution in [0, 0.1) is 13.8 Å². The van der Waals surface area contributed by atoms with Crippen LogP contribution < -0.4 is 14.2 Å². The van der Waals surface area contributed by atoms with Crippen LogP contribution in [0.3, 0.4) is 0 Å². The molecule has 0 aromatic heterocycles. The average molecular weight is 427 g/mol. The number of rotatable bonds is 8. The second-order valence-corrected chi connectivity index (χ2v) is 7.49. The number of para-hydroxylation sites is 2. The van der Waals surface area contributed by atoms with Crippen molar-refractivity contribution in [3.63, 3.8) is 0 Å². The summed E-state index contributed by atoms with van der Waals surface area (Å²) in [5.41, 5.74) is 2.16. The normalized spacial score (nSPS) is 13.6. The van der Waals surface area contributed by atoms with Gasteiger partial charge >= 0.3 is 0 Å². The molecule has 2 amide bonds. The predicted molar refractivity (Wildman–Crippen MR) is 118 cm³/mol. The summed E-state index contributed by atoms with van der Waals surface area (Å²) in [5, 5.41) is 0. The lowest BCUT2D eigenvalue weighted by atomic mass is 10.1. The molecule has 166 valence electrons. The Hall–Kier alpha value is -3.22. The Kier molecular flexibility index (Phi) is 7.76. The summed E-state index contributed by atoms with van der Waals surface area (Å²) in [6.45, 7) is 8.26. The molecule has 0 radical (unpaired) electrons. The van der Waals surface area contributed by atoms with Gasteiger partial charge < -0.3 is 24.0 Å². The van der Waals surface area contributed by atoms with Crippen LogP contribution in [0.15, 0.2) is 42.5 Å². The van der Waals surface area contributed by atoms with Gasteiger partial charge in [0.1, 0.15) is 5.75 Å². The quantitative estimate of drug-likeness (QED) is 0.649. The van der Waals surface area contributed by atoms with Crippen molar-refractivity contribution in [2.75, 3.05) is 46.0 Å². The van der Waals surface area contributed by atoms with Crippen molar-refractivity contribution in [1.82, 2.24) is 9.80 Å². The Morgan fingerprint density at radius 3 is 1.81 bits per heavy atom. The maximum atomic E-state index is 12.5. The summed E-state index contributed by atoms with van der Waals surface area (Å²) in [6, 6.07) is 13.2. The molecule has 0 N–H and O–H groups in total. The fraction of sp³-hybridized carbons (Fsp3) is 0.417. The molecule has 0 unspecified atom stereocenters. The van der Waals surface area contributed by atoms with Gasteiger partial charge in [-0.2, -0.15) is 0 Å². The van der Waals surface area contributed by atoms with Crippen LogP contribution in [-0.4, -0.2) is 67.6 Å². The Balaban J connectivity index is 1.43. The molecule has 7 heteroatoms. The van der Waals surface area contributed by atoms with E-state index in [1.165, 1.54) is 0 Å². The molecular formula is C24H30N2O5. The lowest BCUT2D eigenvalue weighted by Crippen LogP contribution is -2.52. The van der Waals surface area contributed by atoms with Crippen molar-refractivity contribution in [3.8, 4) is 17.2 Å². The van der Waals surface area contributed by atoms with Crippen LogP contribution in [-0.2, 0) is 9.59 Å². The lowest BCUT2D eigenvalue weighted by Gasteiger charge is -2.34. The van der Waals surface area contributed by atoms with Gasteiger partial charge in [-0.05, 0) is 44.5 Å². The SMILES string of the molecule is CCOc1ccccc1OCC(=O)N1CCN(C(=O)COc2ccc(C)cc2C)CC1. The van der Waals surface area contributed by atoms with E-state index >= 15 is 0 Å². The second kappa shape index (κ2) is 10.7. The monoisotopic (exact) mass is 426 g/mol. The maximum Gasteiger partial charge on any atom is 0.260 e. The summed E-state index contributed by atoms with van der Waals surface area (Å²) >= 11 is 0. The van der Waals surface area contributed by atoms with E-state index in [1.807, 2.05) is 57.2 Å². The molecule has 0 aliphatic carbocycles. The van der Waals surface area contributed by atoms with Crippen molar-refractivity contribution in [1.29, 1.82) is 0 Å². The minimum Gasteiger partial charge on any atom is -0.490 e. The number of ether oxygens (including phenoxy) is 3. The van der Waals surface area contributed by atoms with Gasteiger partial charge in [-0.15, -0.1) is 0 Å². The van der Waals surface area contributed by atoms with Crippen LogP contribution in [0.25, 0.3) is 0 Å². The molecule has 2 aromatic rings. The molecule has 1 aliphatic rings. The fourth-order valence-corrected chi connectivity index (χ4v) is 3.47. The highest BCUT2D eigenvalue weighted by Gasteiger charge is 2.25. The van der Waals surface area contributed by atoms with E-state index in [4.69, 9.17) is 14.2 Å². The molecule has 1 heterocycles. The average Bonchev–Trinajstić information content (AvgIpc) is 2.78. The highest BCUT2D eigenvalue weighted by Crippen LogP contribution is 2.26. The van der Waals surface area contributed by atoms with Crippen molar-refractivity contribution in [3.05, 3.63) is 53.6 Å². The Labute approximate surface area is 183 Å². The number of aryl methyl sites for hydroxylation is 2. The third-order valence-corrected chi connectivity index (χ3v) is 5.17. The molecule has 0 bridgehead atoms. The van der Waals surface area contributed by atoms with E-state index in [9.17, 15) is 9.59 Å². The van der Waals surface area contributed by atoms with Gasteiger partial charge in [0.25, 0.3) is 11.8 Å². The van der Waals surface area contributed by atoms with Crippen molar-refractivity contribution < 1.29 is 23.8 Å². The molecule has 0 spiro atoms. The zero-order chi connectivity index (χ0) is 22.2. The number of carbonyl (C=O) groups is 2. The fourth-order valence-electron chi connectivity index (χ4n) is 3.47. The zero-order valence-electron chi connectivity index (χ0n) is 18.4. The van der Waals surface area contributed by atoms with E-state index in [-0.39, 0.29) is 25.0 Å². The predicted octanol–water partition coefficient (Wildman–Crippen LogP) is 2.83. The van der Waals surface area contributed by atoms with Gasteiger partial charge in [-0.25, -0.2) is 0 Å². The number of carbonyl (C=O) groups excluding carboxylic acids is 2. The summed E-state index contributed by atoms with van der Waals surface area (Å²) in [5.74, 6) is 1.71. The van der Waals surface area contributed by atoms with Crippen LogP contribution in [0.5, 0.6) is 17.2 Å². The Bertz CT molecular complexity index is 907. The minimum absolute atomic E-state index is 0.00479. The third kappa shape index (κ3) is 6.13. The molecule has 0 atom stereocenters. The first-order chi connectivity index (χ1) is 15.0. The smallest absolute Gasteiger partial charge is 0.260 e. The number of hydrogen-bond acceptors (Lipinski definition) is 5. The second-order valence-electron chi connectivity index (χ2n) is 7.49. The number of benzene rings is 2. The molecule has 1 saturated heterocycles. The molecule has 1 aliphatic heterocycles. The molecule has 0 saturated carbocycles. The highest BCUT2D eigenvalue weighted by atomic mass is 16.5. The van der Waals surface area contributed by atoms with Crippen LogP contribution in [0.2, 0.25) is 0 Å². The lowest BCUT2D eigenvalue weighted by molar-refractivity contribution is -0.141. The highest BCUT2D eigenvalue weighted by molar-refractivity contribution is 5.80. The van der Waals surface area contributed by atoms with E-state index in [0.717, 1.165) is 16.9 Å². The van der Waals surface area contributed by atoms with Crippen LogP contribution in [0.1, 0.15) is 18.1 Å². The van der Waals surface area contributed by atoms with Gasteiger partial charge in [-0.1, -0.05) is 29.8 Å². The molecule has 3 rings (SSSR count). The summed E-state index contributed by atoms with van der Waals surface area (Å²) in [6.07, 6.45) is 0. The first-order valence-corrected chi connectivity index (χ1v) is 10.6. The standard InChI is InChI=1S/C24H30N2O5/c1-4-29-21-7-5-6-8-22(21)31-17-24(28)26-13-11-25(12-14-26)23(27)16-30-20-10-9-18(2)15-19(20)3/h5-10,15H,4,11-14,16-17H2,1-3H3. The van der Waals surface area contributed by atoms with E-state index in [1.54, 1.807) is 15.9 Å². The van der Waals surface area contributed by atoms with Gasteiger partial charge in [0.05, 0.1) is 6.61 Å². The minimum atomic E-state index is -0.107. The van der Waals surface area contributed by atoms with Gasteiger partial charge in [-0.3, -0.25) is 9.59 Å². The van der Waals surface area contributed by atoms with Crippen molar-refractivity contribution >= 4 is 11.8 Å². The van der Waals surface area contributed by atoms with E-state index in [0.29, 0.717) is 44.3 Å². The Morgan fingerprint density at radius 1 is 0.774 bits per heavy atom. The Morgan fingerprint density at radius 2 is 1.29 bits per heavy atom. The number of amides is 2. The first kappa shape index (κ1) is 22.5. The van der Waals surface area contributed by atoms with E-state index in [2.05, 4.69) is 0 Å². The summed E-state index contributed by atoms with van der Waals surface area (Å²) in [4.78, 5) is 28.5. The number of hydrogen-bond donors (Lipinski definition) is 0. The largest absolute Gasteiger partial charge is 0.490 e. The molecule has 7 nitrogen and oxygen atoms in total. The zero-order valence-corrected chi connectivity index (χ0v) is 18.4. The van der Waals surface area contributed by atoms with Crippen molar-refractivity contribution in [2.24, 2.45) is 0 Å².